The Labute approximate surface area is 475 Å². The monoisotopic (exact) mass is 1030 g/mol. The molecule has 0 N–H and O–H groups in total. The van der Waals surface area contributed by atoms with Gasteiger partial charge in [-0.2, -0.15) is 0 Å². The summed E-state index contributed by atoms with van der Waals surface area (Å²) in [6.45, 7) is 6.97. The molecule has 0 spiro atoms. The van der Waals surface area contributed by atoms with Gasteiger partial charge in [0.2, 0.25) is 0 Å². The number of nitrogens with zero attached hydrogens (tertiary/aromatic N) is 2. The Bertz CT molecular complexity index is 4490. The minimum atomic E-state index is -0.197. The number of benzene rings is 13. The summed E-state index contributed by atoms with van der Waals surface area (Å²) < 4.78 is 0. The molecule has 2 heterocycles. The Hall–Kier alpha value is -9.96. The predicted molar refractivity (Wildman–Crippen MR) is 347 cm³/mol. The van der Waals surface area contributed by atoms with Gasteiger partial charge in [0, 0.05) is 33.9 Å². The van der Waals surface area contributed by atoms with Crippen LogP contribution in [0.1, 0.15) is 26.3 Å². The van der Waals surface area contributed by atoms with Crippen molar-refractivity contribution in [2.75, 3.05) is 9.80 Å². The van der Waals surface area contributed by atoms with Crippen LogP contribution in [-0.4, -0.2) is 6.71 Å². The fourth-order valence-corrected chi connectivity index (χ4v) is 13.2. The molecule has 0 aromatic heterocycles. The van der Waals surface area contributed by atoms with Gasteiger partial charge in [0.05, 0.1) is 11.4 Å². The van der Waals surface area contributed by atoms with Crippen molar-refractivity contribution < 1.29 is 0 Å². The molecule has 382 valence electrons. The fraction of sp³-hybridized carbons (Fsp3) is 0.0513. The Balaban J connectivity index is 1.03. The van der Waals surface area contributed by atoms with Gasteiger partial charge < -0.3 is 9.80 Å². The SMILES string of the molecule is CC(C)(C)c1cc2c3c(c1)N(c1ccccc1-c1ccccc1)c1cc(-c4c5ccccc5c(-c5ccc(-c6ccccc6)cc5)c5ccccc45)ccc1B3c1cc(-c3ccccc3)ccc1N2c1ccccc1-c1ccccc1. The van der Waals surface area contributed by atoms with E-state index in [-0.39, 0.29) is 12.1 Å². The molecule has 2 aliphatic rings. The molecule has 0 saturated carbocycles. The molecule has 81 heavy (non-hydrogen) atoms. The maximum Gasteiger partial charge on any atom is 0.252 e. The zero-order valence-corrected chi connectivity index (χ0v) is 45.7. The molecule has 0 atom stereocenters. The van der Waals surface area contributed by atoms with Crippen LogP contribution in [0.3, 0.4) is 0 Å². The van der Waals surface area contributed by atoms with Crippen LogP contribution in [0.4, 0.5) is 34.1 Å². The van der Waals surface area contributed by atoms with E-state index in [1.54, 1.807) is 0 Å². The number of hydrogen-bond donors (Lipinski definition) is 0. The molecule has 0 amide bonds. The smallest absolute Gasteiger partial charge is 0.252 e. The van der Waals surface area contributed by atoms with Gasteiger partial charge in [-0.1, -0.05) is 276 Å². The van der Waals surface area contributed by atoms with E-state index < -0.39 is 0 Å². The number of para-hydroxylation sites is 2. The van der Waals surface area contributed by atoms with Crippen molar-refractivity contribution in [3.63, 3.8) is 0 Å². The quantitative estimate of drug-likeness (QED) is 0.111. The van der Waals surface area contributed by atoms with Gasteiger partial charge in [-0.05, 0) is 141 Å². The maximum absolute atomic E-state index is 2.63. The van der Waals surface area contributed by atoms with Crippen molar-refractivity contribution in [2.45, 2.75) is 26.2 Å². The fourth-order valence-electron chi connectivity index (χ4n) is 13.2. The highest BCUT2D eigenvalue weighted by Crippen LogP contribution is 2.51. The molecule has 2 aliphatic heterocycles. The largest absolute Gasteiger partial charge is 0.311 e. The first kappa shape index (κ1) is 48.2. The summed E-state index contributed by atoms with van der Waals surface area (Å²) in [7, 11) is 0. The summed E-state index contributed by atoms with van der Waals surface area (Å²) in [5.74, 6) is 0. The van der Waals surface area contributed by atoms with Gasteiger partial charge in [-0.25, -0.2) is 0 Å². The lowest BCUT2D eigenvalue weighted by Gasteiger charge is -2.46. The van der Waals surface area contributed by atoms with Crippen molar-refractivity contribution in [2.24, 2.45) is 0 Å². The van der Waals surface area contributed by atoms with Crippen LogP contribution in [0.25, 0.3) is 88.3 Å². The van der Waals surface area contributed by atoms with Crippen LogP contribution in [-0.2, 0) is 5.41 Å². The highest BCUT2D eigenvalue weighted by atomic mass is 15.2. The molecular weight excluding hydrogens is 976 g/mol. The molecule has 2 nitrogen and oxygen atoms in total. The van der Waals surface area contributed by atoms with Crippen LogP contribution in [0.15, 0.2) is 291 Å². The molecule has 0 radical (unpaired) electrons. The van der Waals surface area contributed by atoms with Gasteiger partial charge in [0.25, 0.3) is 6.71 Å². The van der Waals surface area contributed by atoms with E-state index in [0.29, 0.717) is 0 Å². The first-order valence-corrected chi connectivity index (χ1v) is 28.4. The lowest BCUT2D eigenvalue weighted by molar-refractivity contribution is 0.590. The summed E-state index contributed by atoms with van der Waals surface area (Å²) in [5.41, 5.74) is 26.4. The minimum absolute atomic E-state index is 0.110. The van der Waals surface area contributed by atoms with E-state index >= 15 is 0 Å². The van der Waals surface area contributed by atoms with Crippen molar-refractivity contribution in [3.05, 3.63) is 297 Å². The third-order valence-electron chi connectivity index (χ3n) is 17.0. The van der Waals surface area contributed by atoms with E-state index in [0.717, 1.165) is 11.4 Å². The van der Waals surface area contributed by atoms with Crippen LogP contribution >= 0.6 is 0 Å². The number of rotatable bonds is 8. The molecule has 0 fully saturated rings. The molecule has 13 aromatic carbocycles. The second-order valence-corrected chi connectivity index (χ2v) is 22.7. The molecule has 0 bridgehead atoms. The summed E-state index contributed by atoms with van der Waals surface area (Å²) in [6.07, 6.45) is 0. The summed E-state index contributed by atoms with van der Waals surface area (Å²) in [5, 5.41) is 4.92. The molecule has 0 saturated heterocycles. The minimum Gasteiger partial charge on any atom is -0.311 e. The van der Waals surface area contributed by atoms with E-state index in [2.05, 4.69) is 322 Å². The van der Waals surface area contributed by atoms with Crippen LogP contribution in [0.5, 0.6) is 0 Å². The average molecular weight is 1030 g/mol. The van der Waals surface area contributed by atoms with E-state index in [1.807, 2.05) is 0 Å². The first-order chi connectivity index (χ1) is 39.9. The number of fused-ring (bicyclic) bond motifs is 6. The molecule has 0 aliphatic carbocycles. The Morgan fingerprint density at radius 2 is 0.642 bits per heavy atom. The van der Waals surface area contributed by atoms with E-state index in [4.69, 9.17) is 0 Å². The van der Waals surface area contributed by atoms with Crippen LogP contribution in [0.2, 0.25) is 0 Å². The van der Waals surface area contributed by atoms with Gasteiger partial charge in [0.1, 0.15) is 0 Å². The molecular formula is C78H57BN2. The zero-order chi connectivity index (χ0) is 54.2. The molecule has 13 aromatic rings. The predicted octanol–water partition coefficient (Wildman–Crippen LogP) is 19.4. The Kier molecular flexibility index (Phi) is 11.6. The van der Waals surface area contributed by atoms with Gasteiger partial charge in [-0.3, -0.25) is 0 Å². The van der Waals surface area contributed by atoms with Gasteiger partial charge in [-0.15, -0.1) is 0 Å². The highest BCUT2D eigenvalue weighted by molar-refractivity contribution is 7.00. The Morgan fingerprint density at radius 1 is 0.259 bits per heavy atom. The number of hydrogen-bond acceptors (Lipinski definition) is 2. The molecule has 15 rings (SSSR count). The highest BCUT2D eigenvalue weighted by Gasteiger charge is 2.45. The van der Waals surface area contributed by atoms with Crippen molar-refractivity contribution in [3.8, 4) is 66.8 Å². The third-order valence-corrected chi connectivity index (χ3v) is 17.0. The van der Waals surface area contributed by atoms with Gasteiger partial charge in [0.15, 0.2) is 0 Å². The summed E-state index contributed by atoms with van der Waals surface area (Å²) in [4.78, 5) is 5.22. The molecule has 0 unspecified atom stereocenters. The summed E-state index contributed by atoms with van der Waals surface area (Å²) in [6, 6.07) is 108. The topological polar surface area (TPSA) is 6.48 Å². The maximum atomic E-state index is 2.63. The lowest BCUT2D eigenvalue weighted by Crippen LogP contribution is -2.61. The normalized spacial score (nSPS) is 12.6. The average Bonchev–Trinajstić information content (AvgIpc) is 2.64. The molecule has 3 heteroatoms. The van der Waals surface area contributed by atoms with Crippen molar-refractivity contribution >= 4 is 78.8 Å². The lowest BCUT2D eigenvalue weighted by atomic mass is 9.33. The standard InChI is InChI=1S/C78H57BN2/c1-78(2,3)60-50-73-77-74(51-60)81(70-39-23-21-33-62(70)56-30-14-7-15-31-56)72-49-59(76-65-36-18-16-34-63(65)75(64-35-17-19-37-66(64)76)57-42-40-54(41-43-57)52-24-8-4-9-25-52)44-46-67(72)79(77)68-48-58(53-26-10-5-11-27-53)45-47-71(68)80(73)69-38-22-20-32-61(69)55-28-12-6-13-29-55/h4-51H,1-3H3. The number of anilines is 6. The Morgan fingerprint density at radius 3 is 1.15 bits per heavy atom. The van der Waals surface area contributed by atoms with Crippen molar-refractivity contribution in [1.29, 1.82) is 0 Å². The van der Waals surface area contributed by atoms with Crippen LogP contribution in [0, 0.1) is 0 Å². The summed E-state index contributed by atoms with van der Waals surface area (Å²) >= 11 is 0. The first-order valence-electron chi connectivity index (χ1n) is 28.4. The second-order valence-electron chi connectivity index (χ2n) is 22.7. The van der Waals surface area contributed by atoms with Gasteiger partial charge >= 0.3 is 0 Å². The van der Waals surface area contributed by atoms with E-state index in [9.17, 15) is 0 Å². The van der Waals surface area contributed by atoms with E-state index in [1.165, 1.54) is 133 Å². The third kappa shape index (κ3) is 8.10. The zero-order valence-electron chi connectivity index (χ0n) is 45.7. The van der Waals surface area contributed by atoms with Crippen molar-refractivity contribution in [1.82, 2.24) is 0 Å². The second kappa shape index (κ2) is 19.4. The van der Waals surface area contributed by atoms with Crippen LogP contribution < -0.4 is 26.2 Å².